The number of benzene rings is 2. The number of halogens is 3. The van der Waals surface area contributed by atoms with E-state index in [0.717, 1.165) is 0 Å². The molecular weight excluding hydrogens is 333 g/mol. The number of nitrogens with zero attached hydrogens (tertiary/aromatic N) is 1. The Morgan fingerprint density at radius 2 is 1.95 bits per heavy atom. The smallest absolute Gasteiger partial charge is 0.258 e. The zero-order valence-electron chi connectivity index (χ0n) is 10.0. The highest BCUT2D eigenvalue weighted by atomic mass is 79.9. The molecule has 0 saturated carbocycles. The average molecular weight is 343 g/mol. The number of hydrogen-bond donors (Lipinski definition) is 0. The Morgan fingerprint density at radius 3 is 2.58 bits per heavy atom. The SMILES string of the molecule is CN(C(=O)c1ccc(Cl)c(Br)c1)c1ccccc1F. The second kappa shape index (κ2) is 5.72. The molecule has 0 aliphatic carbocycles. The second-order valence-corrected chi connectivity index (χ2v) is 5.21. The lowest BCUT2D eigenvalue weighted by molar-refractivity contribution is 0.0992. The molecule has 0 unspecified atom stereocenters. The van der Waals surface area contributed by atoms with Crippen molar-refractivity contribution in [2.45, 2.75) is 0 Å². The van der Waals surface area contributed by atoms with Crippen molar-refractivity contribution in [3.05, 3.63) is 63.3 Å². The zero-order chi connectivity index (χ0) is 14.0. The Bertz CT molecular complexity index is 633. The largest absolute Gasteiger partial charge is 0.309 e. The van der Waals surface area contributed by atoms with Gasteiger partial charge in [-0.1, -0.05) is 23.7 Å². The van der Waals surface area contributed by atoms with Gasteiger partial charge in [0, 0.05) is 17.1 Å². The van der Waals surface area contributed by atoms with Crippen molar-refractivity contribution in [2.24, 2.45) is 0 Å². The first-order valence-electron chi connectivity index (χ1n) is 5.48. The third-order valence-corrected chi connectivity index (χ3v) is 3.90. The van der Waals surface area contributed by atoms with Crippen LogP contribution in [-0.2, 0) is 0 Å². The monoisotopic (exact) mass is 341 g/mol. The van der Waals surface area contributed by atoms with Gasteiger partial charge in [0.05, 0.1) is 10.7 Å². The van der Waals surface area contributed by atoms with Crippen LogP contribution in [0, 0.1) is 5.82 Å². The van der Waals surface area contributed by atoms with Gasteiger partial charge in [0.15, 0.2) is 0 Å². The molecule has 0 bridgehead atoms. The first-order valence-corrected chi connectivity index (χ1v) is 6.65. The van der Waals surface area contributed by atoms with E-state index < -0.39 is 5.82 Å². The molecule has 2 rings (SSSR count). The van der Waals surface area contributed by atoms with Gasteiger partial charge in [-0.25, -0.2) is 4.39 Å². The first-order chi connectivity index (χ1) is 9.00. The molecule has 2 nitrogen and oxygen atoms in total. The lowest BCUT2D eigenvalue weighted by Crippen LogP contribution is -2.27. The summed E-state index contributed by atoms with van der Waals surface area (Å²) in [4.78, 5) is 13.5. The maximum Gasteiger partial charge on any atom is 0.258 e. The quantitative estimate of drug-likeness (QED) is 0.786. The molecule has 0 fully saturated rings. The normalized spacial score (nSPS) is 10.3. The molecule has 0 aromatic heterocycles. The van der Waals surface area contributed by atoms with E-state index >= 15 is 0 Å². The van der Waals surface area contributed by atoms with Crippen LogP contribution < -0.4 is 4.90 Å². The number of hydrogen-bond acceptors (Lipinski definition) is 1. The molecular formula is C14H10BrClFNO. The summed E-state index contributed by atoms with van der Waals surface area (Å²) < 4.78 is 14.3. The average Bonchev–Trinajstić information content (AvgIpc) is 2.41. The summed E-state index contributed by atoms with van der Waals surface area (Å²) in [6.07, 6.45) is 0. The van der Waals surface area contributed by atoms with Gasteiger partial charge in [0.2, 0.25) is 0 Å². The molecule has 0 spiro atoms. The van der Waals surface area contributed by atoms with Crippen LogP contribution in [0.15, 0.2) is 46.9 Å². The molecule has 0 aliphatic heterocycles. The Balaban J connectivity index is 2.34. The molecule has 2 aromatic rings. The summed E-state index contributed by atoms with van der Waals surface area (Å²) in [5.41, 5.74) is 0.667. The summed E-state index contributed by atoms with van der Waals surface area (Å²) in [7, 11) is 1.53. The van der Waals surface area contributed by atoms with Crippen LogP contribution in [0.1, 0.15) is 10.4 Å². The molecule has 5 heteroatoms. The van der Waals surface area contributed by atoms with Gasteiger partial charge in [-0.15, -0.1) is 0 Å². The molecule has 0 N–H and O–H groups in total. The van der Waals surface area contributed by atoms with Gasteiger partial charge in [-0.3, -0.25) is 4.79 Å². The van der Waals surface area contributed by atoms with Crippen LogP contribution in [0.4, 0.5) is 10.1 Å². The standard InChI is InChI=1S/C14H10BrClFNO/c1-18(13-5-3-2-4-12(13)17)14(19)9-6-7-11(16)10(15)8-9/h2-8H,1H3. The van der Waals surface area contributed by atoms with Crippen molar-refractivity contribution < 1.29 is 9.18 Å². The Morgan fingerprint density at radius 1 is 1.26 bits per heavy atom. The number of carbonyl (C=O) groups excluding carboxylic acids is 1. The number of rotatable bonds is 2. The number of carbonyl (C=O) groups is 1. The van der Waals surface area contributed by atoms with Gasteiger partial charge in [-0.2, -0.15) is 0 Å². The highest BCUT2D eigenvalue weighted by molar-refractivity contribution is 9.10. The van der Waals surface area contributed by atoms with E-state index in [1.54, 1.807) is 36.4 Å². The molecule has 1 amide bonds. The van der Waals surface area contributed by atoms with Gasteiger partial charge in [0.1, 0.15) is 5.82 Å². The van der Waals surface area contributed by atoms with Crippen molar-refractivity contribution in [1.29, 1.82) is 0 Å². The Labute approximate surface area is 123 Å². The van der Waals surface area contributed by atoms with Crippen molar-refractivity contribution in [3.8, 4) is 0 Å². The number of anilines is 1. The third kappa shape index (κ3) is 2.96. The van der Waals surface area contributed by atoms with Crippen molar-refractivity contribution in [3.63, 3.8) is 0 Å². The van der Waals surface area contributed by atoms with Crippen molar-refractivity contribution in [2.75, 3.05) is 11.9 Å². The van der Waals surface area contributed by atoms with Crippen molar-refractivity contribution >= 4 is 39.1 Å². The van der Waals surface area contributed by atoms with E-state index in [0.29, 0.717) is 15.1 Å². The minimum absolute atomic E-state index is 0.235. The van der Waals surface area contributed by atoms with Crippen LogP contribution in [0.25, 0.3) is 0 Å². The lowest BCUT2D eigenvalue weighted by Gasteiger charge is -2.18. The summed E-state index contributed by atoms with van der Waals surface area (Å²) in [6.45, 7) is 0. The predicted octanol–water partition coefficient (Wildman–Crippen LogP) is 4.52. The van der Waals surface area contributed by atoms with Crippen LogP contribution in [0.3, 0.4) is 0 Å². The maximum absolute atomic E-state index is 13.6. The highest BCUT2D eigenvalue weighted by Crippen LogP contribution is 2.25. The van der Waals surface area contributed by atoms with Crippen LogP contribution in [0.5, 0.6) is 0 Å². The zero-order valence-corrected chi connectivity index (χ0v) is 12.4. The van der Waals surface area contributed by atoms with E-state index in [4.69, 9.17) is 11.6 Å². The Kier molecular flexibility index (Phi) is 4.22. The number of para-hydroxylation sites is 1. The summed E-state index contributed by atoms with van der Waals surface area (Å²) in [5.74, 6) is -0.742. The molecule has 19 heavy (non-hydrogen) atoms. The van der Waals surface area contributed by atoms with Gasteiger partial charge >= 0.3 is 0 Å². The molecule has 2 aromatic carbocycles. The van der Waals surface area contributed by atoms with Crippen LogP contribution in [0.2, 0.25) is 5.02 Å². The summed E-state index contributed by atoms with van der Waals surface area (Å²) in [5, 5.41) is 0.519. The van der Waals surface area contributed by atoms with E-state index in [2.05, 4.69) is 15.9 Å². The third-order valence-electron chi connectivity index (χ3n) is 2.68. The molecule has 0 saturated heterocycles. The molecule has 98 valence electrons. The minimum atomic E-state index is -0.439. The second-order valence-electron chi connectivity index (χ2n) is 3.94. The van der Waals surface area contributed by atoms with Gasteiger partial charge in [-0.05, 0) is 46.3 Å². The van der Waals surface area contributed by atoms with Crippen LogP contribution in [-0.4, -0.2) is 13.0 Å². The maximum atomic E-state index is 13.6. The predicted molar refractivity (Wildman–Crippen MR) is 78.3 cm³/mol. The Hall–Kier alpha value is -1.39. The van der Waals surface area contributed by atoms with E-state index in [-0.39, 0.29) is 11.6 Å². The highest BCUT2D eigenvalue weighted by Gasteiger charge is 2.16. The van der Waals surface area contributed by atoms with Crippen molar-refractivity contribution in [1.82, 2.24) is 0 Å². The minimum Gasteiger partial charge on any atom is -0.309 e. The molecule has 0 heterocycles. The van der Waals surface area contributed by atoms with Gasteiger partial charge < -0.3 is 4.90 Å². The molecule has 0 atom stereocenters. The first kappa shape index (κ1) is 14.0. The molecule has 0 aliphatic rings. The summed E-state index contributed by atoms with van der Waals surface area (Å²) >= 11 is 9.13. The summed E-state index contributed by atoms with van der Waals surface area (Å²) in [6, 6.07) is 11.0. The van der Waals surface area contributed by atoms with Crippen LogP contribution >= 0.6 is 27.5 Å². The van der Waals surface area contributed by atoms with Gasteiger partial charge in [0.25, 0.3) is 5.91 Å². The number of amides is 1. The molecule has 0 radical (unpaired) electrons. The van der Waals surface area contributed by atoms with E-state index in [1.807, 2.05) is 0 Å². The lowest BCUT2D eigenvalue weighted by atomic mass is 10.2. The van der Waals surface area contributed by atoms with E-state index in [9.17, 15) is 9.18 Å². The fraction of sp³-hybridized carbons (Fsp3) is 0.0714. The fourth-order valence-corrected chi connectivity index (χ4v) is 2.15. The topological polar surface area (TPSA) is 20.3 Å². The van der Waals surface area contributed by atoms with E-state index in [1.165, 1.54) is 18.0 Å². The fourth-order valence-electron chi connectivity index (χ4n) is 1.66.